The molecule has 2 aromatic heterocycles. The van der Waals surface area contributed by atoms with Gasteiger partial charge in [0.05, 0.1) is 27.5 Å². The minimum absolute atomic E-state index is 0.00638. The van der Waals surface area contributed by atoms with E-state index in [2.05, 4.69) is 11.5 Å². The summed E-state index contributed by atoms with van der Waals surface area (Å²) in [6, 6.07) is 19.0. The van der Waals surface area contributed by atoms with Crippen LogP contribution >= 0.6 is 0 Å². The molecule has 2 heterocycles. The molecule has 0 aliphatic heterocycles. The van der Waals surface area contributed by atoms with Gasteiger partial charge in [0.2, 0.25) is 0 Å². The van der Waals surface area contributed by atoms with Gasteiger partial charge < -0.3 is 9.58 Å². The quantitative estimate of drug-likeness (QED) is 0.435. The molecule has 5 nitrogen and oxygen atoms in total. The number of aryl methyl sites for hydroxylation is 1. The molecule has 0 aliphatic rings. The van der Waals surface area contributed by atoms with Crippen molar-refractivity contribution >= 4 is 43.6 Å². The molecule has 5 aromatic rings. The molecular weight excluding hydrogens is 362 g/mol. The number of pyridine rings is 2. The number of aromatic nitrogens is 2. The Labute approximate surface area is 167 Å². The smallest absolute Gasteiger partial charge is 0.197 e. The third kappa shape index (κ3) is 2.34. The van der Waals surface area contributed by atoms with Crippen LogP contribution in [0.25, 0.3) is 43.6 Å². The van der Waals surface area contributed by atoms with Crippen LogP contribution < -0.4 is 15.9 Å². The molecule has 0 atom stereocenters. The van der Waals surface area contributed by atoms with Crippen molar-refractivity contribution in [2.45, 2.75) is 13.5 Å². The van der Waals surface area contributed by atoms with Gasteiger partial charge >= 0.3 is 0 Å². The van der Waals surface area contributed by atoms with Crippen LogP contribution in [0.3, 0.4) is 0 Å². The topological polar surface area (TPSA) is 47.2 Å². The lowest BCUT2D eigenvalue weighted by atomic mass is 10.0. The van der Waals surface area contributed by atoms with Crippen molar-refractivity contribution in [1.29, 1.82) is 0 Å². The van der Waals surface area contributed by atoms with E-state index in [1.807, 2.05) is 84.4 Å². The Bertz CT molecular complexity index is 1560. The lowest BCUT2D eigenvalue weighted by Gasteiger charge is -2.23. The zero-order chi connectivity index (χ0) is 20.3. The van der Waals surface area contributed by atoms with Crippen molar-refractivity contribution in [3.63, 3.8) is 0 Å². The third-order valence-electron chi connectivity index (χ3n) is 5.65. The molecule has 29 heavy (non-hydrogen) atoms. The van der Waals surface area contributed by atoms with E-state index in [0.29, 0.717) is 28.1 Å². The predicted molar refractivity (Wildman–Crippen MR) is 121 cm³/mol. The first-order valence-corrected chi connectivity index (χ1v) is 9.73. The summed E-state index contributed by atoms with van der Waals surface area (Å²) in [5.74, 6) is 0. The number of benzene rings is 3. The summed E-state index contributed by atoms with van der Waals surface area (Å²) < 4.78 is 4.11. The van der Waals surface area contributed by atoms with Crippen molar-refractivity contribution in [3.05, 3.63) is 81.1 Å². The van der Waals surface area contributed by atoms with Crippen molar-refractivity contribution < 1.29 is 0 Å². The summed E-state index contributed by atoms with van der Waals surface area (Å²) in [7, 11) is 3.87. The maximum atomic E-state index is 13.3. The highest BCUT2D eigenvalue weighted by Crippen LogP contribution is 2.26. The largest absolute Gasteiger partial charge is 0.341 e. The van der Waals surface area contributed by atoms with Gasteiger partial charge in [-0.1, -0.05) is 24.3 Å². The average molecular weight is 383 g/mol. The van der Waals surface area contributed by atoms with Crippen LogP contribution in [0, 0.1) is 0 Å². The number of fused-ring (bicyclic) bond motifs is 4. The summed E-state index contributed by atoms with van der Waals surface area (Å²) in [4.78, 5) is 26.7. The average Bonchev–Trinajstić information content (AvgIpc) is 2.74. The second-order valence-electron chi connectivity index (χ2n) is 7.48. The molecule has 0 N–H and O–H groups in total. The lowest BCUT2D eigenvalue weighted by Crippen LogP contribution is -2.28. The van der Waals surface area contributed by atoms with Crippen molar-refractivity contribution in [3.8, 4) is 0 Å². The minimum atomic E-state index is -0.0149. The molecular formula is C24H21N3O2. The molecule has 5 heteroatoms. The summed E-state index contributed by atoms with van der Waals surface area (Å²) in [5.41, 5.74) is 3.22. The molecule has 5 rings (SSSR count). The number of rotatable bonds is 2. The van der Waals surface area contributed by atoms with Gasteiger partial charge in [0.25, 0.3) is 0 Å². The fraction of sp³-hybridized carbons (Fsp3) is 0.167. The van der Waals surface area contributed by atoms with Gasteiger partial charge in [-0.15, -0.1) is 0 Å². The Morgan fingerprint density at radius 1 is 0.690 bits per heavy atom. The molecule has 0 saturated carbocycles. The second-order valence-corrected chi connectivity index (χ2v) is 7.48. The standard InChI is InChI=1S/C24H21N3O2/c1-4-26-19-11-7-5-9-15(19)23(28)17-14-22-18(13-21(17)26)24(29)16-10-6-8-12-20(16)27(22)25(2)3/h5-14H,4H2,1-3H3. The molecule has 0 amide bonds. The van der Waals surface area contributed by atoms with Gasteiger partial charge in [-0.05, 0) is 43.3 Å². The maximum Gasteiger partial charge on any atom is 0.197 e. The van der Waals surface area contributed by atoms with E-state index in [9.17, 15) is 9.59 Å². The Morgan fingerprint density at radius 2 is 1.21 bits per heavy atom. The van der Waals surface area contributed by atoms with Crippen LogP contribution in [-0.4, -0.2) is 23.3 Å². The van der Waals surface area contributed by atoms with Crippen LogP contribution in [0.4, 0.5) is 0 Å². The first-order valence-electron chi connectivity index (χ1n) is 9.73. The summed E-state index contributed by atoms with van der Waals surface area (Å²) in [6.45, 7) is 2.76. The zero-order valence-electron chi connectivity index (χ0n) is 16.6. The van der Waals surface area contributed by atoms with Gasteiger partial charge in [0.15, 0.2) is 10.9 Å². The van der Waals surface area contributed by atoms with Crippen molar-refractivity contribution in [2.75, 3.05) is 19.1 Å². The minimum Gasteiger partial charge on any atom is -0.341 e. The fourth-order valence-electron chi connectivity index (χ4n) is 4.41. The van der Waals surface area contributed by atoms with Crippen LogP contribution in [0.5, 0.6) is 0 Å². The normalized spacial score (nSPS) is 11.7. The van der Waals surface area contributed by atoms with E-state index in [1.54, 1.807) is 0 Å². The first kappa shape index (κ1) is 17.5. The molecule has 0 fully saturated rings. The summed E-state index contributed by atoms with van der Waals surface area (Å²) in [5, 5.41) is 4.54. The van der Waals surface area contributed by atoms with E-state index < -0.39 is 0 Å². The van der Waals surface area contributed by atoms with Crippen LogP contribution in [0.1, 0.15) is 6.92 Å². The van der Waals surface area contributed by atoms with Gasteiger partial charge in [0.1, 0.15) is 0 Å². The molecule has 0 radical (unpaired) electrons. The van der Waals surface area contributed by atoms with E-state index in [0.717, 1.165) is 22.1 Å². The van der Waals surface area contributed by atoms with Gasteiger partial charge in [-0.3, -0.25) is 14.3 Å². The number of nitrogens with zero attached hydrogens (tertiary/aromatic N) is 3. The molecule has 3 aromatic carbocycles. The Kier molecular flexibility index (Phi) is 3.74. The third-order valence-corrected chi connectivity index (χ3v) is 5.65. The molecule has 0 bridgehead atoms. The SMILES string of the molecule is CCn1c2ccccc2c(=O)c2cc3c(cc21)c(=O)c1ccccc1n3N(C)C. The van der Waals surface area contributed by atoms with E-state index >= 15 is 0 Å². The number of hydrogen-bond acceptors (Lipinski definition) is 3. The maximum absolute atomic E-state index is 13.3. The van der Waals surface area contributed by atoms with Gasteiger partial charge in [-0.2, -0.15) is 0 Å². The zero-order valence-corrected chi connectivity index (χ0v) is 16.6. The first-order chi connectivity index (χ1) is 14.0. The second kappa shape index (κ2) is 6.21. The molecule has 144 valence electrons. The van der Waals surface area contributed by atoms with Crippen LogP contribution in [0.15, 0.2) is 70.3 Å². The van der Waals surface area contributed by atoms with E-state index in [4.69, 9.17) is 0 Å². The van der Waals surface area contributed by atoms with Gasteiger partial charge in [0, 0.05) is 36.8 Å². The fourth-order valence-corrected chi connectivity index (χ4v) is 4.41. The van der Waals surface area contributed by atoms with Crippen molar-refractivity contribution in [1.82, 2.24) is 9.24 Å². The summed E-state index contributed by atoms with van der Waals surface area (Å²) in [6.07, 6.45) is 0. The van der Waals surface area contributed by atoms with E-state index in [-0.39, 0.29) is 10.9 Å². The highest BCUT2D eigenvalue weighted by atomic mass is 16.1. The Morgan fingerprint density at radius 3 is 1.83 bits per heavy atom. The predicted octanol–water partition coefficient (Wildman–Crippen LogP) is 3.84. The Balaban J connectivity index is 2.12. The monoisotopic (exact) mass is 383 g/mol. The molecule has 0 spiro atoms. The van der Waals surface area contributed by atoms with E-state index in [1.165, 1.54) is 0 Å². The highest BCUT2D eigenvalue weighted by Gasteiger charge is 2.16. The van der Waals surface area contributed by atoms with Crippen LogP contribution in [-0.2, 0) is 6.54 Å². The highest BCUT2D eigenvalue weighted by molar-refractivity contribution is 6.03. The molecule has 0 unspecified atom stereocenters. The Hall–Kier alpha value is -3.60. The summed E-state index contributed by atoms with van der Waals surface area (Å²) >= 11 is 0. The molecule has 0 aliphatic carbocycles. The van der Waals surface area contributed by atoms with Crippen LogP contribution in [0.2, 0.25) is 0 Å². The number of para-hydroxylation sites is 2. The molecule has 0 saturated heterocycles. The lowest BCUT2D eigenvalue weighted by molar-refractivity contribution is 0.783. The number of hydrogen-bond donors (Lipinski definition) is 0. The van der Waals surface area contributed by atoms with Crippen molar-refractivity contribution in [2.24, 2.45) is 0 Å². The van der Waals surface area contributed by atoms with Gasteiger partial charge in [-0.25, -0.2) is 0 Å².